The van der Waals surface area contributed by atoms with Gasteiger partial charge in [-0.3, -0.25) is 0 Å². The van der Waals surface area contributed by atoms with Gasteiger partial charge < -0.3 is 10.3 Å². The van der Waals surface area contributed by atoms with Crippen LogP contribution in [0.3, 0.4) is 0 Å². The molecule has 0 bridgehead atoms. The van der Waals surface area contributed by atoms with Gasteiger partial charge in [0.05, 0.1) is 10.6 Å². The quantitative estimate of drug-likeness (QED) is 0.280. The Bertz CT molecular complexity index is 1190. The van der Waals surface area contributed by atoms with Crippen LogP contribution in [-0.4, -0.2) is 14.1 Å². The molecule has 1 aromatic carbocycles. The number of allylic oxidation sites excluding steroid dienone is 5. The van der Waals surface area contributed by atoms with Gasteiger partial charge in [-0.05, 0) is 52.5 Å². The normalized spacial score (nSPS) is 17.2. The van der Waals surface area contributed by atoms with Crippen molar-refractivity contribution in [1.29, 1.82) is 0 Å². The Morgan fingerprint density at radius 3 is 2.16 bits per heavy atom. The number of rotatable bonds is 3. The molecule has 0 unspecified atom stereocenters. The van der Waals surface area contributed by atoms with Gasteiger partial charge in [0, 0.05) is 17.2 Å². The molecule has 0 N–H and O–H groups in total. The van der Waals surface area contributed by atoms with Crippen molar-refractivity contribution < 1.29 is 47.8 Å². The van der Waals surface area contributed by atoms with Crippen LogP contribution < -0.4 is 39.4 Å². The van der Waals surface area contributed by atoms with E-state index in [4.69, 9.17) is 11.6 Å². The summed E-state index contributed by atoms with van der Waals surface area (Å²) in [5.41, 5.74) is 1.09. The van der Waals surface area contributed by atoms with Crippen LogP contribution in [0.5, 0.6) is 0 Å². The van der Waals surface area contributed by atoms with E-state index in [0.717, 1.165) is 5.56 Å². The van der Waals surface area contributed by atoms with Gasteiger partial charge in [-0.25, -0.2) is 0 Å². The average Bonchev–Trinajstić information content (AvgIpc) is 2.69. The third-order valence-corrected chi connectivity index (χ3v) is 6.04. The predicted molar refractivity (Wildman–Crippen MR) is 115 cm³/mol. The third kappa shape index (κ3) is 6.08. The summed E-state index contributed by atoms with van der Waals surface area (Å²) < 4.78 is 30.1. The Morgan fingerprint density at radius 2 is 1.61 bits per heavy atom. The van der Waals surface area contributed by atoms with E-state index in [1.54, 1.807) is 12.1 Å². The van der Waals surface area contributed by atoms with Crippen LogP contribution in [0.4, 0.5) is 0 Å². The minimum atomic E-state index is -4.06. The number of halogens is 1. The monoisotopic (exact) mass is 466 g/mol. The second-order valence-electron chi connectivity index (χ2n) is 7.78. The SMILES string of the molecule is CC(C)(C)c1ccc(S(=O)(=O)/N=C2\C=CC(Cl)=C\C2=C(/[O-])c2cc[n+]([O-])cc2)cc1.[Na+]. The maximum absolute atomic E-state index is 12.9. The van der Waals surface area contributed by atoms with Gasteiger partial charge in [-0.15, -0.1) is 0 Å². The topological polar surface area (TPSA) is 96.5 Å². The zero-order valence-corrected chi connectivity index (χ0v) is 21.2. The van der Waals surface area contributed by atoms with Gasteiger partial charge in [0.25, 0.3) is 10.0 Å². The van der Waals surface area contributed by atoms with E-state index in [2.05, 4.69) is 4.40 Å². The summed E-state index contributed by atoms with van der Waals surface area (Å²) in [5.74, 6) is -0.491. The Labute approximate surface area is 209 Å². The largest absolute Gasteiger partial charge is 1.00 e. The summed E-state index contributed by atoms with van der Waals surface area (Å²) in [6.45, 7) is 6.10. The fraction of sp³-hybridized carbons (Fsp3) is 0.182. The Balaban J connectivity index is 0.00000341. The summed E-state index contributed by atoms with van der Waals surface area (Å²) in [6.07, 6.45) is 6.57. The molecule has 1 aliphatic rings. The molecular formula is C22H20ClN2NaO4S. The zero-order valence-electron chi connectivity index (χ0n) is 17.7. The Kier molecular flexibility index (Phi) is 7.94. The number of sulfonamides is 1. The van der Waals surface area contributed by atoms with Crippen molar-refractivity contribution in [2.75, 3.05) is 0 Å². The van der Waals surface area contributed by atoms with E-state index in [1.807, 2.05) is 20.8 Å². The molecule has 0 saturated heterocycles. The number of pyridine rings is 1. The first kappa shape index (κ1) is 25.4. The molecular weight excluding hydrogens is 447 g/mol. The molecule has 1 aromatic heterocycles. The molecule has 3 rings (SSSR count). The summed E-state index contributed by atoms with van der Waals surface area (Å²) in [7, 11) is -4.06. The number of benzene rings is 1. The Morgan fingerprint density at radius 1 is 1.03 bits per heavy atom. The van der Waals surface area contributed by atoms with Crippen LogP contribution in [-0.2, 0) is 15.4 Å². The zero-order chi connectivity index (χ0) is 22.1. The van der Waals surface area contributed by atoms with Crippen LogP contribution in [0.15, 0.2) is 86.9 Å². The molecule has 1 heterocycles. The summed E-state index contributed by atoms with van der Waals surface area (Å²) in [6, 6.07) is 9.19. The van der Waals surface area contributed by atoms with E-state index in [-0.39, 0.29) is 61.7 Å². The maximum Gasteiger partial charge on any atom is 1.00 e. The smallest absolute Gasteiger partial charge is 0.872 e. The number of hydrogen-bond donors (Lipinski definition) is 0. The maximum atomic E-state index is 12.9. The third-order valence-electron chi connectivity index (χ3n) is 4.50. The fourth-order valence-electron chi connectivity index (χ4n) is 2.80. The van der Waals surface area contributed by atoms with Crippen molar-refractivity contribution in [2.24, 2.45) is 4.40 Å². The molecule has 2 aromatic rings. The Hall–Kier alpha value is -1.90. The first-order valence-electron chi connectivity index (χ1n) is 9.09. The molecule has 0 radical (unpaired) electrons. The standard InChI is InChI=1S/C22H21ClN2O4S.Na/c1-22(2,3)16-4-7-18(8-5-16)30(28,29)24-20-9-6-17(23)14-19(20)21(26)15-10-12-25(27)13-11-15;/h4-14,26H,1-3H3;/q;+1/p-1/b21-19+,24-20+;. The summed E-state index contributed by atoms with van der Waals surface area (Å²) in [5, 5.41) is 24.4. The number of nitrogens with zero attached hydrogens (tertiary/aromatic N) is 2. The van der Waals surface area contributed by atoms with E-state index in [0.29, 0.717) is 4.73 Å². The van der Waals surface area contributed by atoms with Crippen LogP contribution in [0.2, 0.25) is 0 Å². The first-order valence-corrected chi connectivity index (χ1v) is 10.9. The van der Waals surface area contributed by atoms with Crippen LogP contribution in [0.1, 0.15) is 31.9 Å². The van der Waals surface area contributed by atoms with Gasteiger partial charge in [0.2, 0.25) is 0 Å². The average molecular weight is 467 g/mol. The minimum Gasteiger partial charge on any atom is -0.872 e. The molecule has 0 spiro atoms. The van der Waals surface area contributed by atoms with Crippen molar-refractivity contribution in [3.8, 4) is 0 Å². The molecule has 31 heavy (non-hydrogen) atoms. The molecule has 0 aliphatic heterocycles. The molecule has 156 valence electrons. The van der Waals surface area contributed by atoms with Crippen molar-refractivity contribution in [3.05, 3.63) is 94.0 Å². The molecule has 0 saturated carbocycles. The fourth-order valence-corrected chi connectivity index (χ4v) is 3.97. The summed E-state index contributed by atoms with van der Waals surface area (Å²) >= 11 is 6.02. The molecule has 0 fully saturated rings. The van der Waals surface area contributed by atoms with E-state index in [1.165, 1.54) is 54.9 Å². The van der Waals surface area contributed by atoms with Crippen molar-refractivity contribution in [3.63, 3.8) is 0 Å². The second kappa shape index (κ2) is 9.71. The van der Waals surface area contributed by atoms with E-state index >= 15 is 0 Å². The molecule has 0 atom stereocenters. The van der Waals surface area contributed by atoms with Crippen LogP contribution in [0, 0.1) is 5.21 Å². The van der Waals surface area contributed by atoms with Crippen molar-refractivity contribution >= 4 is 33.1 Å². The van der Waals surface area contributed by atoms with E-state index in [9.17, 15) is 18.7 Å². The predicted octanol–water partition coefficient (Wildman–Crippen LogP) is 0.215. The number of hydrogen-bond acceptors (Lipinski definition) is 4. The first-order chi connectivity index (χ1) is 14.0. The van der Waals surface area contributed by atoms with Gasteiger partial charge >= 0.3 is 29.6 Å². The molecule has 6 nitrogen and oxygen atoms in total. The van der Waals surface area contributed by atoms with Crippen molar-refractivity contribution in [2.45, 2.75) is 31.1 Å². The van der Waals surface area contributed by atoms with Gasteiger partial charge in [0.15, 0.2) is 12.4 Å². The van der Waals surface area contributed by atoms with E-state index < -0.39 is 15.8 Å². The summed E-state index contributed by atoms with van der Waals surface area (Å²) in [4.78, 5) is 0.0240. The number of aromatic nitrogens is 1. The van der Waals surface area contributed by atoms with Crippen LogP contribution in [0.25, 0.3) is 5.76 Å². The van der Waals surface area contributed by atoms with Gasteiger partial charge in [-0.2, -0.15) is 17.5 Å². The van der Waals surface area contributed by atoms with Gasteiger partial charge in [0.1, 0.15) is 0 Å². The van der Waals surface area contributed by atoms with Crippen molar-refractivity contribution in [1.82, 2.24) is 0 Å². The van der Waals surface area contributed by atoms with Crippen LogP contribution >= 0.6 is 11.6 Å². The molecule has 1 aliphatic carbocycles. The van der Waals surface area contributed by atoms with Gasteiger partial charge in [-0.1, -0.05) is 50.3 Å². The second-order valence-corrected chi connectivity index (χ2v) is 9.82. The minimum absolute atomic E-state index is 0. The molecule has 0 amide bonds. The molecule has 9 heteroatoms.